The van der Waals surface area contributed by atoms with Crippen molar-refractivity contribution >= 4 is 30.6 Å². The summed E-state index contributed by atoms with van der Waals surface area (Å²) in [6.07, 6.45) is 0. The molecular formula is C11H15BN2O2S. The molecule has 0 saturated heterocycles. The third-order valence-corrected chi connectivity index (χ3v) is 3.34. The highest BCUT2D eigenvalue weighted by Gasteiger charge is 2.11. The van der Waals surface area contributed by atoms with Gasteiger partial charge in [-0.05, 0) is 19.1 Å². The molecule has 6 heteroatoms. The van der Waals surface area contributed by atoms with Gasteiger partial charge in [-0.2, -0.15) is 0 Å². The van der Waals surface area contributed by atoms with Crippen LogP contribution in [0.15, 0.2) is 23.1 Å². The van der Waals surface area contributed by atoms with Crippen molar-refractivity contribution < 1.29 is 9.35 Å². The molecule has 0 fully saturated rings. The summed E-state index contributed by atoms with van der Waals surface area (Å²) in [6.45, 7) is 4.22. The first-order valence-electron chi connectivity index (χ1n) is 5.26. The van der Waals surface area contributed by atoms with Crippen LogP contribution >= 0.6 is 0 Å². The lowest BCUT2D eigenvalue weighted by Crippen LogP contribution is -2.33. The van der Waals surface area contributed by atoms with Crippen LogP contribution in [0.1, 0.15) is 12.5 Å². The van der Waals surface area contributed by atoms with E-state index in [2.05, 4.69) is 10.0 Å². The van der Waals surface area contributed by atoms with E-state index < -0.39 is 11.4 Å². The van der Waals surface area contributed by atoms with Crippen molar-refractivity contribution in [3.63, 3.8) is 0 Å². The normalized spacial score (nSPS) is 12.2. The van der Waals surface area contributed by atoms with Crippen LogP contribution in [0.25, 0.3) is 0 Å². The van der Waals surface area contributed by atoms with E-state index in [0.717, 1.165) is 5.56 Å². The van der Waals surface area contributed by atoms with E-state index >= 15 is 0 Å². The van der Waals surface area contributed by atoms with Gasteiger partial charge in [-0.25, -0.2) is 0 Å². The second-order valence-corrected chi connectivity index (χ2v) is 4.96. The summed E-state index contributed by atoms with van der Waals surface area (Å²) in [5, 5.41) is 2.62. The first-order valence-corrected chi connectivity index (χ1v) is 6.41. The summed E-state index contributed by atoms with van der Waals surface area (Å²) in [5.74, 6) is -0.0964. The fourth-order valence-corrected chi connectivity index (χ4v) is 2.16. The third-order valence-electron chi connectivity index (χ3n) is 2.19. The van der Waals surface area contributed by atoms with E-state index in [4.69, 9.17) is 7.85 Å². The SMILES string of the molecule is [B]c1ccc([S+]([O-])NCCNC(C)=O)cc1C. The molecule has 1 aromatic rings. The van der Waals surface area contributed by atoms with Crippen LogP contribution in [0.2, 0.25) is 0 Å². The van der Waals surface area contributed by atoms with E-state index in [1.807, 2.05) is 6.92 Å². The fraction of sp³-hybridized carbons (Fsp3) is 0.364. The predicted octanol–water partition coefficient (Wildman–Crippen LogP) is -0.463. The number of benzene rings is 1. The Morgan fingerprint density at radius 1 is 1.47 bits per heavy atom. The predicted molar refractivity (Wildman–Crippen MR) is 69.7 cm³/mol. The summed E-state index contributed by atoms with van der Waals surface area (Å²) < 4.78 is 14.6. The molecule has 2 N–H and O–H groups in total. The van der Waals surface area contributed by atoms with Crippen LogP contribution in [-0.2, 0) is 16.2 Å². The molecule has 0 aliphatic rings. The highest BCUT2D eigenvalue weighted by atomic mass is 32.2. The second kappa shape index (κ2) is 6.69. The van der Waals surface area contributed by atoms with Crippen LogP contribution in [0.3, 0.4) is 0 Å². The van der Waals surface area contributed by atoms with Crippen LogP contribution in [0.5, 0.6) is 0 Å². The lowest BCUT2D eigenvalue weighted by atomic mass is 9.92. The third kappa shape index (κ3) is 4.81. The lowest BCUT2D eigenvalue weighted by molar-refractivity contribution is -0.118. The molecule has 0 bridgehead atoms. The summed E-state index contributed by atoms with van der Waals surface area (Å²) in [7, 11) is 5.68. The van der Waals surface area contributed by atoms with Crippen LogP contribution < -0.4 is 15.5 Å². The maximum atomic E-state index is 11.8. The Morgan fingerprint density at radius 2 is 2.18 bits per heavy atom. The molecule has 0 aliphatic carbocycles. The minimum absolute atomic E-state index is 0.0964. The first-order chi connectivity index (χ1) is 8.00. The zero-order chi connectivity index (χ0) is 12.8. The Hall–Kier alpha value is -0.975. The summed E-state index contributed by atoms with van der Waals surface area (Å²) in [5.41, 5.74) is 1.59. The minimum atomic E-state index is -1.27. The van der Waals surface area contributed by atoms with Gasteiger partial charge in [0.2, 0.25) is 5.91 Å². The molecule has 0 aromatic heterocycles. The molecule has 1 rings (SSSR count). The monoisotopic (exact) mass is 250 g/mol. The van der Waals surface area contributed by atoms with Crippen LogP contribution in [0, 0.1) is 6.92 Å². The molecule has 0 heterocycles. The Labute approximate surface area is 106 Å². The highest BCUT2D eigenvalue weighted by molar-refractivity contribution is 7.89. The maximum Gasteiger partial charge on any atom is 0.216 e. The number of carbonyl (C=O) groups excluding carboxylic acids is 1. The molecule has 0 saturated carbocycles. The molecular weight excluding hydrogens is 235 g/mol. The lowest BCUT2D eigenvalue weighted by Gasteiger charge is -2.12. The van der Waals surface area contributed by atoms with E-state index in [9.17, 15) is 9.35 Å². The number of hydrogen-bond acceptors (Lipinski definition) is 3. The number of carbonyl (C=O) groups is 1. The van der Waals surface area contributed by atoms with Gasteiger partial charge < -0.3 is 9.87 Å². The average molecular weight is 250 g/mol. The summed E-state index contributed by atoms with van der Waals surface area (Å²) in [6, 6.07) is 5.25. The number of amides is 1. The smallest absolute Gasteiger partial charge is 0.216 e. The molecule has 4 nitrogen and oxygen atoms in total. The number of aryl methyl sites for hydroxylation is 1. The number of rotatable bonds is 5. The van der Waals surface area contributed by atoms with Crippen molar-refractivity contribution in [2.24, 2.45) is 0 Å². The van der Waals surface area contributed by atoms with Gasteiger partial charge in [0.25, 0.3) is 0 Å². The average Bonchev–Trinajstić information content (AvgIpc) is 2.27. The van der Waals surface area contributed by atoms with Crippen LogP contribution in [0.4, 0.5) is 0 Å². The zero-order valence-electron chi connectivity index (χ0n) is 9.95. The topological polar surface area (TPSA) is 64.2 Å². The van der Waals surface area contributed by atoms with Gasteiger partial charge in [0, 0.05) is 13.5 Å². The van der Waals surface area contributed by atoms with E-state index in [-0.39, 0.29) is 5.91 Å². The van der Waals surface area contributed by atoms with Crippen molar-refractivity contribution in [3.8, 4) is 0 Å². The van der Waals surface area contributed by atoms with Gasteiger partial charge in [-0.3, -0.25) is 4.79 Å². The Bertz CT molecular complexity index is 401. The van der Waals surface area contributed by atoms with Gasteiger partial charge >= 0.3 is 0 Å². The molecule has 1 atom stereocenters. The second-order valence-electron chi connectivity index (χ2n) is 3.66. The molecule has 0 spiro atoms. The summed E-state index contributed by atoms with van der Waals surface area (Å²) in [4.78, 5) is 11.3. The molecule has 1 unspecified atom stereocenters. The van der Waals surface area contributed by atoms with E-state index in [0.29, 0.717) is 23.4 Å². The number of hydrogen-bond donors (Lipinski definition) is 2. The molecule has 17 heavy (non-hydrogen) atoms. The van der Waals surface area contributed by atoms with Crippen molar-refractivity contribution in [1.29, 1.82) is 0 Å². The van der Waals surface area contributed by atoms with Gasteiger partial charge in [0.15, 0.2) is 4.90 Å². The van der Waals surface area contributed by atoms with Crippen molar-refractivity contribution in [1.82, 2.24) is 10.0 Å². The zero-order valence-corrected chi connectivity index (χ0v) is 10.8. The van der Waals surface area contributed by atoms with Crippen molar-refractivity contribution in [2.75, 3.05) is 13.1 Å². The van der Waals surface area contributed by atoms with E-state index in [1.165, 1.54) is 6.92 Å². The van der Waals surface area contributed by atoms with E-state index in [1.54, 1.807) is 18.2 Å². The molecule has 1 aromatic carbocycles. The Kier molecular flexibility index (Phi) is 5.54. The fourth-order valence-electron chi connectivity index (χ4n) is 1.23. The summed E-state index contributed by atoms with van der Waals surface area (Å²) >= 11 is -1.27. The molecule has 2 radical (unpaired) electrons. The largest absolute Gasteiger partial charge is 0.593 e. The molecule has 0 aliphatic heterocycles. The Morgan fingerprint density at radius 3 is 2.76 bits per heavy atom. The highest BCUT2D eigenvalue weighted by Crippen LogP contribution is 2.08. The van der Waals surface area contributed by atoms with Crippen molar-refractivity contribution in [2.45, 2.75) is 18.7 Å². The van der Waals surface area contributed by atoms with Gasteiger partial charge in [0.05, 0.1) is 17.9 Å². The van der Waals surface area contributed by atoms with Gasteiger partial charge in [-0.1, -0.05) is 17.1 Å². The minimum Gasteiger partial charge on any atom is -0.593 e. The Balaban J connectivity index is 2.44. The molecule has 90 valence electrons. The quantitative estimate of drug-likeness (QED) is 0.422. The molecule has 1 amide bonds. The van der Waals surface area contributed by atoms with Crippen molar-refractivity contribution in [3.05, 3.63) is 23.8 Å². The first kappa shape index (κ1) is 14.1. The maximum absolute atomic E-state index is 11.8. The van der Waals surface area contributed by atoms with Crippen LogP contribution in [-0.4, -0.2) is 31.4 Å². The van der Waals surface area contributed by atoms with Gasteiger partial charge in [0.1, 0.15) is 7.85 Å². The standard InChI is InChI=1S/C11H15BN2O2S/c1-8-7-10(3-4-11(8)12)17(16)14-6-5-13-9(2)15/h3-4,7,14H,5-6H2,1-2H3,(H,13,15). The number of nitrogens with one attached hydrogen (secondary N) is 2. The van der Waals surface area contributed by atoms with Gasteiger partial charge in [-0.15, -0.1) is 4.72 Å².